The molecule has 3 atom stereocenters. The van der Waals surface area contributed by atoms with Gasteiger partial charge in [0, 0.05) is 48.2 Å². The van der Waals surface area contributed by atoms with E-state index in [4.69, 9.17) is 0 Å². The van der Waals surface area contributed by atoms with E-state index in [1.165, 1.54) is 9.80 Å². The Kier molecular flexibility index (Phi) is 5.86. The number of carbonyl (C=O) groups is 4. The molecule has 1 spiro atoms. The molecule has 36 heavy (non-hydrogen) atoms. The Labute approximate surface area is 207 Å². The Hall–Kier alpha value is -3.67. The van der Waals surface area contributed by atoms with Crippen molar-refractivity contribution in [1.82, 2.24) is 15.1 Å². The quantitative estimate of drug-likeness (QED) is 0.594. The molecular formula is C24H22F2N4O5S. The molecule has 2 aliphatic heterocycles. The molecule has 2 heterocycles. The van der Waals surface area contributed by atoms with Gasteiger partial charge in [0.1, 0.15) is 29.5 Å². The van der Waals surface area contributed by atoms with Gasteiger partial charge in [-0.05, 0) is 41.0 Å². The molecule has 188 valence electrons. The van der Waals surface area contributed by atoms with Crippen LogP contribution in [0.25, 0.3) is 0 Å². The van der Waals surface area contributed by atoms with Gasteiger partial charge in [-0.3, -0.25) is 23.9 Å². The van der Waals surface area contributed by atoms with E-state index in [2.05, 4.69) is 10.6 Å². The van der Waals surface area contributed by atoms with Gasteiger partial charge in [-0.1, -0.05) is 6.07 Å². The maximum Gasteiger partial charge on any atom is 0.324 e. The first-order valence-corrected chi connectivity index (χ1v) is 12.7. The van der Waals surface area contributed by atoms with Crippen molar-refractivity contribution in [3.8, 4) is 0 Å². The highest BCUT2D eigenvalue weighted by Gasteiger charge is 2.54. The van der Waals surface area contributed by atoms with Crippen molar-refractivity contribution in [2.24, 2.45) is 0 Å². The van der Waals surface area contributed by atoms with Crippen LogP contribution < -0.4 is 10.6 Å². The molecule has 2 aromatic rings. The van der Waals surface area contributed by atoms with Crippen molar-refractivity contribution >= 4 is 40.2 Å². The van der Waals surface area contributed by atoms with Gasteiger partial charge in [0.05, 0.1) is 6.04 Å². The number of fused-ring (bicyclic) bond motifs is 1. The first kappa shape index (κ1) is 24.0. The second-order valence-electron chi connectivity index (χ2n) is 9.23. The molecule has 3 unspecified atom stereocenters. The summed E-state index contributed by atoms with van der Waals surface area (Å²) in [4.78, 5) is 52.5. The number of likely N-dealkylation sites (N-methyl/N-ethyl adjacent to an activating group) is 1. The lowest BCUT2D eigenvalue weighted by atomic mass is 9.95. The van der Waals surface area contributed by atoms with Crippen molar-refractivity contribution < 1.29 is 32.2 Å². The molecule has 3 aliphatic rings. The van der Waals surface area contributed by atoms with Crippen LogP contribution in [0.5, 0.6) is 0 Å². The van der Waals surface area contributed by atoms with Crippen LogP contribution in [-0.2, 0) is 38.0 Å². The molecule has 5 rings (SSSR count). The Bertz CT molecular complexity index is 1330. The number of urea groups is 1. The standard InChI is InChI=1S/C24H22F2N4O5S/c1-29-23(34)28-22(33)24(29)8-13-2-3-18(6-15(13)9-24)27-20(31)10-30-19(11-36(35)12-21(30)32)14-4-16(25)7-17(26)5-14/h2-7,19H,8-12H2,1H3,(H,27,31)(H,28,33,34). The number of anilines is 1. The highest BCUT2D eigenvalue weighted by Crippen LogP contribution is 2.38. The third kappa shape index (κ3) is 4.15. The minimum atomic E-state index is -1.53. The van der Waals surface area contributed by atoms with Crippen LogP contribution >= 0.6 is 0 Å². The summed E-state index contributed by atoms with van der Waals surface area (Å²) in [5.41, 5.74) is 1.25. The first-order valence-electron chi connectivity index (χ1n) is 11.2. The Morgan fingerprint density at radius 1 is 1.11 bits per heavy atom. The molecule has 5 amide bonds. The number of rotatable bonds is 4. The number of nitrogens with zero attached hydrogens (tertiary/aromatic N) is 2. The molecule has 0 aromatic heterocycles. The van der Waals surface area contributed by atoms with Gasteiger partial charge >= 0.3 is 6.03 Å². The summed E-state index contributed by atoms with van der Waals surface area (Å²) in [6, 6.07) is 6.60. The number of carbonyl (C=O) groups excluding carboxylic acids is 4. The maximum atomic E-state index is 13.8. The summed E-state index contributed by atoms with van der Waals surface area (Å²) in [7, 11) is 0.0390. The summed E-state index contributed by atoms with van der Waals surface area (Å²) in [5, 5.41) is 5.05. The molecule has 2 aromatic carbocycles. The lowest BCUT2D eigenvalue weighted by Crippen LogP contribution is -2.48. The fourth-order valence-electron chi connectivity index (χ4n) is 5.09. The Balaban J connectivity index is 1.32. The molecule has 0 radical (unpaired) electrons. The van der Waals surface area contributed by atoms with Gasteiger partial charge < -0.3 is 15.1 Å². The number of hydrogen-bond acceptors (Lipinski definition) is 5. The summed E-state index contributed by atoms with van der Waals surface area (Å²) >= 11 is 0. The molecule has 2 saturated heterocycles. The van der Waals surface area contributed by atoms with Crippen molar-refractivity contribution in [2.75, 3.05) is 30.4 Å². The van der Waals surface area contributed by atoms with Crippen LogP contribution in [0.1, 0.15) is 22.7 Å². The maximum absolute atomic E-state index is 13.8. The minimum Gasteiger partial charge on any atom is -0.325 e. The molecule has 2 N–H and O–H groups in total. The Morgan fingerprint density at radius 2 is 1.81 bits per heavy atom. The van der Waals surface area contributed by atoms with Gasteiger partial charge in [0.2, 0.25) is 11.8 Å². The zero-order valence-electron chi connectivity index (χ0n) is 19.2. The van der Waals surface area contributed by atoms with Gasteiger partial charge in [-0.2, -0.15) is 0 Å². The average molecular weight is 517 g/mol. The average Bonchev–Trinajstić information content (AvgIpc) is 3.27. The van der Waals surface area contributed by atoms with E-state index in [1.54, 1.807) is 25.2 Å². The normalized spacial score (nSPS) is 25.4. The van der Waals surface area contributed by atoms with Crippen LogP contribution in [0, 0.1) is 11.6 Å². The van der Waals surface area contributed by atoms with Crippen LogP contribution in [0.4, 0.5) is 19.3 Å². The third-order valence-electron chi connectivity index (χ3n) is 6.95. The largest absolute Gasteiger partial charge is 0.325 e. The molecule has 0 saturated carbocycles. The van der Waals surface area contributed by atoms with Gasteiger partial charge in [0.15, 0.2) is 0 Å². The zero-order valence-corrected chi connectivity index (χ0v) is 20.0. The van der Waals surface area contributed by atoms with Gasteiger partial charge in [-0.15, -0.1) is 0 Å². The van der Waals surface area contributed by atoms with E-state index >= 15 is 0 Å². The van der Waals surface area contributed by atoms with Gasteiger partial charge in [-0.25, -0.2) is 13.6 Å². The lowest BCUT2D eigenvalue weighted by Gasteiger charge is -2.35. The van der Waals surface area contributed by atoms with E-state index < -0.39 is 58.4 Å². The van der Waals surface area contributed by atoms with Crippen LogP contribution in [0.2, 0.25) is 0 Å². The van der Waals surface area contributed by atoms with Crippen molar-refractivity contribution in [3.63, 3.8) is 0 Å². The smallest absolute Gasteiger partial charge is 0.324 e. The summed E-state index contributed by atoms with van der Waals surface area (Å²) in [5.74, 6) is -3.46. The molecule has 12 heteroatoms. The van der Waals surface area contributed by atoms with E-state index in [-0.39, 0.29) is 23.0 Å². The molecule has 0 bridgehead atoms. The van der Waals surface area contributed by atoms with E-state index in [1.807, 2.05) is 0 Å². The third-order valence-corrected chi connectivity index (χ3v) is 8.21. The van der Waals surface area contributed by atoms with Gasteiger partial charge in [0.25, 0.3) is 5.91 Å². The fourth-order valence-corrected chi connectivity index (χ4v) is 6.38. The van der Waals surface area contributed by atoms with E-state index in [0.29, 0.717) is 24.6 Å². The second kappa shape index (κ2) is 8.77. The highest BCUT2D eigenvalue weighted by atomic mass is 32.2. The minimum absolute atomic E-state index is 0.0445. The van der Waals surface area contributed by atoms with Crippen LogP contribution in [0.3, 0.4) is 0 Å². The van der Waals surface area contributed by atoms with Crippen molar-refractivity contribution in [3.05, 3.63) is 64.7 Å². The second-order valence-corrected chi connectivity index (χ2v) is 10.7. The number of nitrogens with one attached hydrogen (secondary N) is 2. The van der Waals surface area contributed by atoms with Crippen LogP contribution in [-0.4, -0.2) is 68.4 Å². The van der Waals surface area contributed by atoms with Crippen LogP contribution in [0.15, 0.2) is 36.4 Å². The van der Waals surface area contributed by atoms with E-state index in [9.17, 15) is 32.2 Å². The topological polar surface area (TPSA) is 116 Å². The fraction of sp³-hybridized carbons (Fsp3) is 0.333. The number of halogens is 2. The Morgan fingerprint density at radius 3 is 2.47 bits per heavy atom. The first-order chi connectivity index (χ1) is 17.1. The predicted octanol–water partition coefficient (Wildman–Crippen LogP) is 1.25. The number of amides is 5. The predicted molar refractivity (Wildman–Crippen MR) is 125 cm³/mol. The van der Waals surface area contributed by atoms with Crippen molar-refractivity contribution in [1.29, 1.82) is 0 Å². The SMILES string of the molecule is CN1C(=O)NC(=O)C12Cc1ccc(NC(=O)CN3C(=O)CS(=O)CC3c3cc(F)cc(F)c3)cc1C2. The molecule has 1 aliphatic carbocycles. The highest BCUT2D eigenvalue weighted by molar-refractivity contribution is 7.85. The summed E-state index contributed by atoms with van der Waals surface area (Å²) < 4.78 is 39.7. The monoisotopic (exact) mass is 516 g/mol. The molecular weight excluding hydrogens is 494 g/mol. The van der Waals surface area contributed by atoms with E-state index in [0.717, 1.165) is 23.3 Å². The summed E-state index contributed by atoms with van der Waals surface area (Å²) in [6.07, 6.45) is 0.652. The summed E-state index contributed by atoms with van der Waals surface area (Å²) in [6.45, 7) is -0.403. The molecule has 2 fully saturated rings. The molecule has 9 nitrogen and oxygen atoms in total. The number of hydrogen-bond donors (Lipinski definition) is 2. The lowest BCUT2D eigenvalue weighted by molar-refractivity contribution is -0.135. The number of imide groups is 1. The zero-order chi connectivity index (χ0) is 25.8. The van der Waals surface area contributed by atoms with Crippen molar-refractivity contribution in [2.45, 2.75) is 24.4 Å². The number of benzene rings is 2.